The standard InChI is InChI=1S/C26H26F2N8/c27-20-7-5-18(15-21(20)28)17-36-26(23-9-10-24(32-31-23)35-13-3-4-14-35)30-25(33-36)22-8-6-19(16-29-22)34-11-1-2-12-34/h5-10,15-16H,1-4,11-14,17H2. The fourth-order valence-corrected chi connectivity index (χ4v) is 4.80. The highest BCUT2D eigenvalue weighted by Crippen LogP contribution is 2.25. The van der Waals surface area contributed by atoms with Crippen molar-refractivity contribution in [3.05, 3.63) is 65.9 Å². The topological polar surface area (TPSA) is 75.9 Å². The van der Waals surface area contributed by atoms with Crippen LogP contribution < -0.4 is 9.80 Å². The van der Waals surface area contributed by atoms with E-state index in [0.29, 0.717) is 28.6 Å². The predicted octanol–water partition coefficient (Wildman–Crippen LogP) is 4.32. The Hall–Kier alpha value is -3.95. The molecule has 6 rings (SSSR count). The van der Waals surface area contributed by atoms with E-state index >= 15 is 0 Å². The zero-order chi connectivity index (χ0) is 24.5. The van der Waals surface area contributed by atoms with Gasteiger partial charge in [-0.15, -0.1) is 15.3 Å². The summed E-state index contributed by atoms with van der Waals surface area (Å²) in [6.45, 7) is 4.23. The highest BCUT2D eigenvalue weighted by Gasteiger charge is 2.20. The van der Waals surface area contributed by atoms with Gasteiger partial charge in [0.05, 0.1) is 18.4 Å². The fraction of sp³-hybridized carbons (Fsp3) is 0.346. The van der Waals surface area contributed by atoms with Crippen molar-refractivity contribution in [1.82, 2.24) is 29.9 Å². The molecular weight excluding hydrogens is 462 g/mol. The van der Waals surface area contributed by atoms with Crippen molar-refractivity contribution in [3.63, 3.8) is 0 Å². The number of nitrogens with zero attached hydrogens (tertiary/aromatic N) is 8. The first-order valence-electron chi connectivity index (χ1n) is 12.3. The number of benzene rings is 1. The number of rotatable bonds is 6. The lowest BCUT2D eigenvalue weighted by Crippen LogP contribution is -2.19. The highest BCUT2D eigenvalue weighted by molar-refractivity contribution is 5.59. The molecule has 0 spiro atoms. The third-order valence-electron chi connectivity index (χ3n) is 6.75. The molecule has 2 aliphatic heterocycles. The average Bonchev–Trinajstić information content (AvgIpc) is 3.69. The monoisotopic (exact) mass is 488 g/mol. The number of aromatic nitrogens is 6. The molecule has 0 radical (unpaired) electrons. The molecule has 2 fully saturated rings. The molecule has 0 aliphatic carbocycles. The molecule has 2 aliphatic rings. The zero-order valence-electron chi connectivity index (χ0n) is 19.8. The van der Waals surface area contributed by atoms with Crippen molar-refractivity contribution in [3.8, 4) is 23.0 Å². The van der Waals surface area contributed by atoms with Crippen LogP contribution in [-0.4, -0.2) is 56.1 Å². The third kappa shape index (κ3) is 4.50. The summed E-state index contributed by atoms with van der Waals surface area (Å²) in [4.78, 5) is 13.9. The van der Waals surface area contributed by atoms with Crippen LogP contribution >= 0.6 is 0 Å². The van der Waals surface area contributed by atoms with Gasteiger partial charge < -0.3 is 9.80 Å². The van der Waals surface area contributed by atoms with Gasteiger partial charge in [-0.25, -0.2) is 18.4 Å². The molecule has 0 bridgehead atoms. The molecule has 4 aromatic rings. The number of pyridine rings is 1. The summed E-state index contributed by atoms with van der Waals surface area (Å²) in [5.74, 6) is -0.0267. The lowest BCUT2D eigenvalue weighted by Gasteiger charge is -2.16. The minimum atomic E-state index is -0.900. The van der Waals surface area contributed by atoms with Crippen LogP contribution in [0, 0.1) is 11.6 Å². The van der Waals surface area contributed by atoms with Crippen LogP contribution in [0.3, 0.4) is 0 Å². The van der Waals surface area contributed by atoms with Gasteiger partial charge in [-0.2, -0.15) is 0 Å². The van der Waals surface area contributed by atoms with Crippen molar-refractivity contribution >= 4 is 11.5 Å². The van der Waals surface area contributed by atoms with Crippen molar-refractivity contribution in [1.29, 1.82) is 0 Å². The van der Waals surface area contributed by atoms with Gasteiger partial charge in [-0.05, 0) is 67.6 Å². The summed E-state index contributed by atoms with van der Waals surface area (Å²) in [6.07, 6.45) is 6.54. The van der Waals surface area contributed by atoms with Crippen molar-refractivity contribution in [2.45, 2.75) is 32.2 Å². The third-order valence-corrected chi connectivity index (χ3v) is 6.75. The summed E-state index contributed by atoms with van der Waals surface area (Å²) in [7, 11) is 0. The van der Waals surface area contributed by atoms with E-state index in [0.717, 1.165) is 56.6 Å². The van der Waals surface area contributed by atoms with Gasteiger partial charge in [0.15, 0.2) is 29.1 Å². The first kappa shape index (κ1) is 22.5. The van der Waals surface area contributed by atoms with Crippen LogP contribution in [0.25, 0.3) is 23.0 Å². The van der Waals surface area contributed by atoms with E-state index in [4.69, 9.17) is 4.98 Å². The summed E-state index contributed by atoms with van der Waals surface area (Å²) >= 11 is 0. The van der Waals surface area contributed by atoms with Crippen molar-refractivity contribution in [2.75, 3.05) is 36.0 Å². The molecule has 5 heterocycles. The Balaban J connectivity index is 1.34. The van der Waals surface area contributed by atoms with Gasteiger partial charge >= 0.3 is 0 Å². The number of anilines is 2. The summed E-state index contributed by atoms with van der Waals surface area (Å²) < 4.78 is 29.0. The Morgan fingerprint density at radius 2 is 1.50 bits per heavy atom. The van der Waals surface area contributed by atoms with Gasteiger partial charge in [0.2, 0.25) is 0 Å². The zero-order valence-corrected chi connectivity index (χ0v) is 19.8. The molecule has 0 saturated carbocycles. The second kappa shape index (κ2) is 9.60. The minimum Gasteiger partial charge on any atom is -0.370 e. The minimum absolute atomic E-state index is 0.195. The lowest BCUT2D eigenvalue weighted by molar-refractivity contribution is 0.506. The van der Waals surface area contributed by atoms with Crippen LogP contribution in [0.4, 0.5) is 20.3 Å². The molecule has 36 heavy (non-hydrogen) atoms. The van der Waals surface area contributed by atoms with Crippen LogP contribution in [0.5, 0.6) is 0 Å². The Morgan fingerprint density at radius 1 is 0.750 bits per heavy atom. The molecule has 0 unspecified atom stereocenters. The molecule has 184 valence electrons. The molecule has 0 N–H and O–H groups in total. The van der Waals surface area contributed by atoms with E-state index in [2.05, 4.69) is 30.1 Å². The second-order valence-corrected chi connectivity index (χ2v) is 9.23. The number of halogens is 2. The van der Waals surface area contributed by atoms with Crippen LogP contribution in [0.15, 0.2) is 48.7 Å². The quantitative estimate of drug-likeness (QED) is 0.400. The van der Waals surface area contributed by atoms with Crippen molar-refractivity contribution in [2.24, 2.45) is 0 Å². The molecule has 10 heteroatoms. The number of hydrogen-bond acceptors (Lipinski definition) is 7. The maximum Gasteiger partial charge on any atom is 0.200 e. The van der Waals surface area contributed by atoms with Gasteiger partial charge in [-0.1, -0.05) is 6.07 Å². The van der Waals surface area contributed by atoms with Crippen molar-refractivity contribution < 1.29 is 8.78 Å². The normalized spacial score (nSPS) is 15.7. The van der Waals surface area contributed by atoms with E-state index in [9.17, 15) is 8.78 Å². The summed E-state index contributed by atoms with van der Waals surface area (Å²) in [5.41, 5.74) is 2.82. The largest absolute Gasteiger partial charge is 0.370 e. The maximum absolute atomic E-state index is 13.9. The Kier molecular flexibility index (Phi) is 6.00. The predicted molar refractivity (Wildman–Crippen MR) is 133 cm³/mol. The molecule has 0 atom stereocenters. The molecular formula is C26H26F2N8. The second-order valence-electron chi connectivity index (χ2n) is 9.23. The van der Waals surface area contributed by atoms with E-state index in [1.807, 2.05) is 30.5 Å². The first-order chi connectivity index (χ1) is 17.6. The van der Waals surface area contributed by atoms with Crippen LogP contribution in [0.1, 0.15) is 31.2 Å². The van der Waals surface area contributed by atoms with E-state index in [-0.39, 0.29) is 6.54 Å². The lowest BCUT2D eigenvalue weighted by atomic mass is 10.2. The molecule has 3 aromatic heterocycles. The molecule has 1 aromatic carbocycles. The van der Waals surface area contributed by atoms with E-state index in [1.54, 1.807) is 4.68 Å². The van der Waals surface area contributed by atoms with Crippen LogP contribution in [0.2, 0.25) is 0 Å². The van der Waals surface area contributed by atoms with E-state index in [1.165, 1.54) is 25.0 Å². The highest BCUT2D eigenvalue weighted by atomic mass is 19.2. The van der Waals surface area contributed by atoms with Gasteiger partial charge in [-0.3, -0.25) is 4.98 Å². The van der Waals surface area contributed by atoms with Gasteiger partial charge in [0.1, 0.15) is 11.4 Å². The fourth-order valence-electron chi connectivity index (χ4n) is 4.80. The average molecular weight is 489 g/mol. The SMILES string of the molecule is Fc1ccc(Cn2nc(-c3ccc(N4CCCC4)cn3)nc2-c2ccc(N3CCCC3)nn2)cc1F. The summed E-state index contributed by atoms with van der Waals surface area (Å²) in [6, 6.07) is 11.6. The Bertz CT molecular complexity index is 1340. The molecule has 2 saturated heterocycles. The Labute approximate surface area is 207 Å². The first-order valence-corrected chi connectivity index (χ1v) is 12.3. The van der Waals surface area contributed by atoms with E-state index < -0.39 is 11.6 Å². The maximum atomic E-state index is 13.9. The Morgan fingerprint density at radius 3 is 2.17 bits per heavy atom. The summed E-state index contributed by atoms with van der Waals surface area (Å²) in [5, 5.41) is 13.5. The molecule has 0 amide bonds. The molecule has 8 nitrogen and oxygen atoms in total. The smallest absolute Gasteiger partial charge is 0.200 e. The van der Waals surface area contributed by atoms with Gasteiger partial charge in [0, 0.05) is 26.2 Å². The van der Waals surface area contributed by atoms with Crippen LogP contribution in [-0.2, 0) is 6.54 Å². The van der Waals surface area contributed by atoms with Gasteiger partial charge in [0.25, 0.3) is 0 Å². The number of hydrogen-bond donors (Lipinski definition) is 0.